The van der Waals surface area contributed by atoms with Crippen molar-refractivity contribution in [2.75, 3.05) is 26.6 Å². The molecule has 0 fully saturated rings. The van der Waals surface area contributed by atoms with Crippen LogP contribution >= 0.6 is 0 Å². The van der Waals surface area contributed by atoms with Gasteiger partial charge in [0.25, 0.3) is 0 Å². The fraction of sp³-hybridized carbons (Fsp3) is 0.278. The zero-order valence-corrected chi connectivity index (χ0v) is 16.7. The van der Waals surface area contributed by atoms with Crippen LogP contribution in [0.2, 0.25) is 0 Å². The number of methoxy groups -OCH3 is 3. The first-order valence-electron chi connectivity index (χ1n) is 8.26. The Labute approximate surface area is 163 Å². The van der Waals surface area contributed by atoms with Crippen LogP contribution in [-0.4, -0.2) is 46.4 Å². The van der Waals surface area contributed by atoms with E-state index >= 15 is 0 Å². The summed E-state index contributed by atoms with van der Waals surface area (Å²) < 4.78 is 28.7. The molecule has 0 saturated heterocycles. The molecular formula is C18H20N4O5S. The second-order valence-corrected chi connectivity index (χ2v) is 7.14. The highest BCUT2D eigenvalue weighted by Gasteiger charge is 2.18. The lowest BCUT2D eigenvalue weighted by molar-refractivity contribution is -0.114. The number of rotatable bonds is 7. The molecule has 2 aromatic heterocycles. The summed E-state index contributed by atoms with van der Waals surface area (Å²) in [6, 6.07) is 5.03. The van der Waals surface area contributed by atoms with Crippen molar-refractivity contribution in [1.82, 2.24) is 15.0 Å². The number of amides is 1. The predicted octanol–water partition coefficient (Wildman–Crippen LogP) is 2.25. The van der Waals surface area contributed by atoms with Crippen molar-refractivity contribution in [2.45, 2.75) is 17.8 Å². The molecule has 0 spiro atoms. The summed E-state index contributed by atoms with van der Waals surface area (Å²) in [5.74, 6) is 1.28. The molecule has 2 N–H and O–H groups in total. The van der Waals surface area contributed by atoms with E-state index in [1.807, 2.05) is 0 Å². The highest BCUT2D eigenvalue weighted by molar-refractivity contribution is 7.84. The number of hydrogen-bond donors (Lipinski definition) is 2. The van der Waals surface area contributed by atoms with Gasteiger partial charge in [0.2, 0.25) is 5.91 Å². The molecule has 2 heterocycles. The van der Waals surface area contributed by atoms with Gasteiger partial charge >= 0.3 is 0 Å². The number of aromatic amines is 1. The number of fused-ring (bicyclic) bond motifs is 1. The Bertz CT molecular complexity index is 1050. The summed E-state index contributed by atoms with van der Waals surface area (Å²) in [6.45, 7) is 1.41. The fourth-order valence-electron chi connectivity index (χ4n) is 2.72. The number of aromatic nitrogens is 3. The summed E-state index contributed by atoms with van der Waals surface area (Å²) in [5.41, 5.74) is 2.19. The molecule has 0 aliphatic carbocycles. The van der Waals surface area contributed by atoms with Gasteiger partial charge in [0.15, 0.2) is 16.7 Å². The van der Waals surface area contributed by atoms with E-state index in [1.165, 1.54) is 28.3 Å². The SMILES string of the molecule is COc1cc2nc(S(=O)Cc3nccc(OC)c3OC)[nH]c2cc1NC(C)=O. The third-order valence-corrected chi connectivity index (χ3v) is 5.10. The zero-order chi connectivity index (χ0) is 20.3. The highest BCUT2D eigenvalue weighted by atomic mass is 32.2. The Hall–Kier alpha value is -3.14. The van der Waals surface area contributed by atoms with Gasteiger partial charge in [-0.05, 0) is 6.07 Å². The number of carbonyl (C=O) groups excluding carboxylic acids is 1. The minimum Gasteiger partial charge on any atom is -0.494 e. The van der Waals surface area contributed by atoms with E-state index in [9.17, 15) is 9.00 Å². The Morgan fingerprint density at radius 3 is 2.57 bits per heavy atom. The molecule has 0 aliphatic rings. The predicted molar refractivity (Wildman–Crippen MR) is 104 cm³/mol. The molecule has 1 aromatic carbocycles. The Morgan fingerprint density at radius 1 is 1.18 bits per heavy atom. The average molecular weight is 404 g/mol. The van der Waals surface area contributed by atoms with Crippen molar-refractivity contribution < 1.29 is 23.2 Å². The van der Waals surface area contributed by atoms with E-state index < -0.39 is 10.8 Å². The number of nitrogens with zero attached hydrogens (tertiary/aromatic N) is 2. The van der Waals surface area contributed by atoms with Crippen LogP contribution in [-0.2, 0) is 21.3 Å². The normalized spacial score (nSPS) is 11.9. The number of ether oxygens (including phenoxy) is 3. The lowest BCUT2D eigenvalue weighted by Gasteiger charge is -2.10. The minimum absolute atomic E-state index is 0.0931. The molecule has 0 saturated carbocycles. The van der Waals surface area contributed by atoms with Crippen LogP contribution < -0.4 is 19.5 Å². The molecule has 1 atom stereocenters. The van der Waals surface area contributed by atoms with Gasteiger partial charge in [-0.2, -0.15) is 0 Å². The second kappa shape index (κ2) is 8.26. The summed E-state index contributed by atoms with van der Waals surface area (Å²) in [7, 11) is 3.02. The number of imidazole rings is 1. The number of H-pyrrole nitrogens is 1. The minimum atomic E-state index is -1.51. The average Bonchev–Trinajstić information content (AvgIpc) is 3.09. The summed E-state index contributed by atoms with van der Waals surface area (Å²) >= 11 is 0. The van der Waals surface area contributed by atoms with Crippen LogP contribution in [0.25, 0.3) is 11.0 Å². The van der Waals surface area contributed by atoms with Crippen LogP contribution in [0, 0.1) is 0 Å². The number of hydrogen-bond acceptors (Lipinski definition) is 7. The molecule has 148 valence electrons. The molecule has 10 heteroatoms. The van der Waals surface area contributed by atoms with Gasteiger partial charge in [0, 0.05) is 25.3 Å². The van der Waals surface area contributed by atoms with Crippen LogP contribution in [0.4, 0.5) is 5.69 Å². The number of carbonyl (C=O) groups is 1. The van der Waals surface area contributed by atoms with Crippen LogP contribution in [0.1, 0.15) is 12.6 Å². The van der Waals surface area contributed by atoms with Gasteiger partial charge in [-0.25, -0.2) is 4.98 Å². The Morgan fingerprint density at radius 2 is 1.93 bits per heavy atom. The quantitative estimate of drug-likeness (QED) is 0.620. The molecule has 9 nitrogen and oxygen atoms in total. The van der Waals surface area contributed by atoms with Gasteiger partial charge in [-0.1, -0.05) is 0 Å². The Balaban J connectivity index is 1.93. The van der Waals surface area contributed by atoms with E-state index in [4.69, 9.17) is 14.2 Å². The maximum Gasteiger partial charge on any atom is 0.221 e. The number of nitrogens with one attached hydrogen (secondary N) is 2. The first-order valence-corrected chi connectivity index (χ1v) is 9.58. The molecule has 28 heavy (non-hydrogen) atoms. The first kappa shape index (κ1) is 19.6. The van der Waals surface area contributed by atoms with Crippen LogP contribution in [0.3, 0.4) is 0 Å². The molecule has 0 radical (unpaired) electrons. The summed E-state index contributed by atoms with van der Waals surface area (Å²) in [5, 5.41) is 2.98. The maximum absolute atomic E-state index is 12.8. The first-order chi connectivity index (χ1) is 13.5. The number of benzene rings is 1. The second-order valence-electron chi connectivity index (χ2n) is 5.78. The summed E-state index contributed by atoms with van der Waals surface area (Å²) in [6.07, 6.45) is 1.57. The third-order valence-electron chi connectivity index (χ3n) is 3.94. The van der Waals surface area contributed by atoms with Crippen molar-refractivity contribution in [3.8, 4) is 17.2 Å². The van der Waals surface area contributed by atoms with Gasteiger partial charge in [-0.3, -0.25) is 14.0 Å². The van der Waals surface area contributed by atoms with E-state index in [0.717, 1.165) is 0 Å². The molecule has 1 unspecified atom stereocenters. The largest absolute Gasteiger partial charge is 0.494 e. The molecule has 3 rings (SSSR count). The van der Waals surface area contributed by atoms with E-state index in [2.05, 4.69) is 20.3 Å². The van der Waals surface area contributed by atoms with E-state index in [1.54, 1.807) is 24.4 Å². The lowest BCUT2D eigenvalue weighted by Crippen LogP contribution is -2.07. The van der Waals surface area contributed by atoms with Crippen molar-refractivity contribution in [2.24, 2.45) is 0 Å². The molecule has 1 amide bonds. The van der Waals surface area contributed by atoms with Crippen LogP contribution in [0.5, 0.6) is 17.2 Å². The Kier molecular flexibility index (Phi) is 5.78. The fourth-order valence-corrected chi connectivity index (χ4v) is 3.74. The van der Waals surface area contributed by atoms with Crippen LogP contribution in [0.15, 0.2) is 29.6 Å². The third kappa shape index (κ3) is 3.91. The number of anilines is 1. The van der Waals surface area contributed by atoms with Gasteiger partial charge in [-0.15, -0.1) is 0 Å². The van der Waals surface area contributed by atoms with Crippen molar-refractivity contribution in [3.05, 3.63) is 30.1 Å². The number of pyridine rings is 1. The molecule has 0 bridgehead atoms. The standard InChI is InChI=1S/C18H20N4O5S/c1-10(23)20-13-7-11-12(8-16(13)26-3)22-18(21-11)28(24)9-14-17(27-4)15(25-2)5-6-19-14/h5-8H,9H2,1-4H3,(H,20,23)(H,21,22). The lowest BCUT2D eigenvalue weighted by atomic mass is 10.2. The molecular weight excluding hydrogens is 384 g/mol. The van der Waals surface area contributed by atoms with Gasteiger partial charge < -0.3 is 24.5 Å². The van der Waals surface area contributed by atoms with Gasteiger partial charge in [0.1, 0.15) is 5.75 Å². The zero-order valence-electron chi connectivity index (χ0n) is 15.9. The maximum atomic E-state index is 12.8. The van der Waals surface area contributed by atoms with Crippen molar-refractivity contribution >= 4 is 33.4 Å². The van der Waals surface area contributed by atoms with E-state index in [0.29, 0.717) is 39.7 Å². The molecule has 3 aromatic rings. The highest BCUT2D eigenvalue weighted by Crippen LogP contribution is 2.32. The smallest absolute Gasteiger partial charge is 0.221 e. The topological polar surface area (TPSA) is 115 Å². The summed E-state index contributed by atoms with van der Waals surface area (Å²) in [4.78, 5) is 23.0. The van der Waals surface area contributed by atoms with Crippen molar-refractivity contribution in [1.29, 1.82) is 0 Å². The van der Waals surface area contributed by atoms with Crippen molar-refractivity contribution in [3.63, 3.8) is 0 Å². The van der Waals surface area contributed by atoms with Gasteiger partial charge in [0.05, 0.1) is 60.3 Å². The van der Waals surface area contributed by atoms with E-state index in [-0.39, 0.29) is 16.8 Å². The monoisotopic (exact) mass is 404 g/mol. The molecule has 0 aliphatic heterocycles.